The van der Waals surface area contributed by atoms with Crippen LogP contribution in [0.3, 0.4) is 0 Å². The van der Waals surface area contributed by atoms with Crippen molar-refractivity contribution in [1.29, 1.82) is 0 Å². The Hall–Kier alpha value is -5.06. The third-order valence-corrected chi connectivity index (χ3v) is 13.2. The molecule has 6 aromatic rings. The summed E-state index contributed by atoms with van der Waals surface area (Å²) in [5.41, 5.74) is 8.11. The van der Waals surface area contributed by atoms with Gasteiger partial charge in [0.15, 0.2) is 0 Å². The third kappa shape index (κ3) is 15.7. The van der Waals surface area contributed by atoms with Gasteiger partial charge in [-0.3, -0.25) is 29.5 Å². The van der Waals surface area contributed by atoms with E-state index in [0.717, 1.165) is 65.8 Å². The maximum Gasteiger partial charge on any atom is 0.494 e. The molecule has 2 aromatic carbocycles. The summed E-state index contributed by atoms with van der Waals surface area (Å²) in [6, 6.07) is 22.8. The van der Waals surface area contributed by atoms with E-state index in [9.17, 15) is 19.8 Å². The van der Waals surface area contributed by atoms with Crippen LogP contribution in [-0.2, 0) is 52.0 Å². The quantitative estimate of drug-likeness (QED) is 0.0785. The highest BCUT2D eigenvalue weighted by Gasteiger charge is 2.52. The van der Waals surface area contributed by atoms with Crippen LogP contribution in [0.15, 0.2) is 114 Å². The van der Waals surface area contributed by atoms with Crippen molar-refractivity contribution in [3.63, 3.8) is 0 Å². The van der Waals surface area contributed by atoms with E-state index in [2.05, 4.69) is 35.9 Å². The highest BCUT2D eigenvalue weighted by atomic mass is 79.9. The zero-order valence-corrected chi connectivity index (χ0v) is 46.3. The lowest BCUT2D eigenvalue weighted by molar-refractivity contribution is -0.147. The minimum atomic E-state index is -0.434. The van der Waals surface area contributed by atoms with E-state index in [0.29, 0.717) is 10.0 Å². The van der Waals surface area contributed by atoms with Gasteiger partial charge in [-0.1, -0.05) is 75.2 Å². The lowest BCUT2D eigenvalue weighted by atomic mass is 9.77. The van der Waals surface area contributed by atoms with Crippen LogP contribution in [0.1, 0.15) is 106 Å². The zero-order valence-electron chi connectivity index (χ0n) is 43.2. The molecule has 0 aliphatic carbocycles. The summed E-state index contributed by atoms with van der Waals surface area (Å²) in [7, 11) is -0.392. The van der Waals surface area contributed by atoms with E-state index in [-0.39, 0.29) is 66.8 Å². The van der Waals surface area contributed by atoms with E-state index < -0.39 is 12.5 Å². The Kier molecular flexibility index (Phi) is 19.9. The van der Waals surface area contributed by atoms with Gasteiger partial charge in [0.05, 0.1) is 49.5 Å². The molecule has 0 unspecified atom stereocenters. The van der Waals surface area contributed by atoms with Crippen LogP contribution in [-0.4, -0.2) is 85.8 Å². The van der Waals surface area contributed by atoms with E-state index in [1.807, 2.05) is 144 Å². The molecule has 0 bridgehead atoms. The van der Waals surface area contributed by atoms with Crippen molar-refractivity contribution in [1.82, 2.24) is 19.9 Å². The van der Waals surface area contributed by atoms with E-state index in [1.165, 1.54) is 0 Å². The van der Waals surface area contributed by atoms with Gasteiger partial charge in [0, 0.05) is 102 Å². The molecule has 0 radical (unpaired) electrons. The molecule has 382 valence electrons. The van der Waals surface area contributed by atoms with Crippen molar-refractivity contribution in [3.05, 3.63) is 147 Å². The largest absolute Gasteiger partial charge is 0.494 e. The Balaban J connectivity index is 0.000000208. The van der Waals surface area contributed by atoms with Crippen LogP contribution in [0.5, 0.6) is 0 Å². The van der Waals surface area contributed by atoms with Crippen molar-refractivity contribution in [3.8, 4) is 33.4 Å². The summed E-state index contributed by atoms with van der Waals surface area (Å²) in [4.78, 5) is 40.9. The molecule has 1 saturated heterocycles. The Morgan fingerprint density at radius 1 is 0.625 bits per heavy atom. The first-order chi connectivity index (χ1) is 33.7. The molecule has 4 aromatic heterocycles. The average Bonchev–Trinajstić information content (AvgIpc) is 3.54. The molecule has 16 heteroatoms. The number of aliphatic hydroxyl groups is 2. The predicted octanol–water partition coefficient (Wildman–Crippen LogP) is 11.5. The molecule has 12 nitrogen and oxygen atoms in total. The van der Waals surface area contributed by atoms with Gasteiger partial charge < -0.3 is 29.0 Å². The second kappa shape index (κ2) is 24.8. The summed E-state index contributed by atoms with van der Waals surface area (Å²) in [5.74, 6) is -0.528. The molecule has 5 heterocycles. The van der Waals surface area contributed by atoms with Gasteiger partial charge >= 0.3 is 19.1 Å². The maximum atomic E-state index is 11.9. The summed E-state index contributed by atoms with van der Waals surface area (Å²) in [6.45, 7) is 23.3. The molecule has 7 rings (SSSR count). The van der Waals surface area contributed by atoms with Crippen molar-refractivity contribution in [2.75, 3.05) is 13.2 Å². The monoisotopic (exact) mass is 1080 g/mol. The number of carbonyl (C=O) groups excluding carboxylic acids is 2. The van der Waals surface area contributed by atoms with Crippen molar-refractivity contribution < 1.29 is 38.6 Å². The standard InChI is InChI=1S/C25H27ClN2O3.C16H15BrClNO2.C15H24BNO3/c1-16(2)31-24(30)10-17-5-6-21(22(26)9-17)20-11-19(13-27-14-20)18-7-8-28-23(12-18)25(3,4)15-29;1-10(2)21-16(20)6-11-3-4-14(15(18)5-11)12-7-13(17)9-19-8-12;1-13(2,10-18)12-9-11(7-8-17-12)16-19-14(3,4)15(5,6)20-16/h5-9,11-14,16,29H,10,15H2,1-4H3;3-5,7-10H,6H2,1-2H3;7-9,18H,10H2,1-6H3. The van der Waals surface area contributed by atoms with Crippen molar-refractivity contribution in [2.24, 2.45) is 0 Å². The van der Waals surface area contributed by atoms with Crippen molar-refractivity contribution >= 4 is 63.7 Å². The highest BCUT2D eigenvalue weighted by molar-refractivity contribution is 9.10. The van der Waals surface area contributed by atoms with Crippen LogP contribution in [0, 0.1) is 0 Å². The fourth-order valence-electron chi connectivity index (χ4n) is 7.14. The first-order valence-electron chi connectivity index (χ1n) is 23.8. The lowest BCUT2D eigenvalue weighted by Crippen LogP contribution is -2.41. The molecule has 1 fully saturated rings. The van der Waals surface area contributed by atoms with Crippen molar-refractivity contribution in [2.45, 2.75) is 130 Å². The van der Waals surface area contributed by atoms with E-state index >= 15 is 0 Å². The number of benzene rings is 2. The zero-order chi connectivity index (χ0) is 53.2. The first-order valence-corrected chi connectivity index (χ1v) is 25.3. The van der Waals surface area contributed by atoms with Gasteiger partial charge in [-0.05, 0) is 142 Å². The topological polar surface area (TPSA) is 163 Å². The number of hydrogen-bond donors (Lipinski definition) is 2. The van der Waals surface area contributed by atoms with E-state index in [1.54, 1.807) is 49.3 Å². The number of hydrogen-bond acceptors (Lipinski definition) is 12. The third-order valence-electron chi connectivity index (χ3n) is 12.1. The van der Waals surface area contributed by atoms with Crippen LogP contribution in [0.25, 0.3) is 33.4 Å². The second-order valence-electron chi connectivity index (χ2n) is 20.5. The Labute approximate surface area is 443 Å². The molecule has 0 amide bonds. The summed E-state index contributed by atoms with van der Waals surface area (Å²) in [5, 5.41) is 20.3. The molecule has 2 N–H and O–H groups in total. The number of esters is 2. The summed E-state index contributed by atoms with van der Waals surface area (Å²) < 4.78 is 23.3. The molecule has 0 saturated carbocycles. The molecular formula is C56H66BBrCl2N4O8. The molecule has 1 aliphatic heterocycles. The lowest BCUT2D eigenvalue weighted by Gasteiger charge is -2.32. The van der Waals surface area contributed by atoms with Gasteiger partial charge in [-0.15, -0.1) is 0 Å². The van der Waals surface area contributed by atoms with Crippen LogP contribution < -0.4 is 5.46 Å². The molecule has 72 heavy (non-hydrogen) atoms. The minimum absolute atomic E-state index is 0.00834. The number of nitrogens with zero attached hydrogens (tertiary/aromatic N) is 4. The number of ether oxygens (including phenoxy) is 2. The molecule has 0 atom stereocenters. The predicted molar refractivity (Wildman–Crippen MR) is 290 cm³/mol. The fourth-order valence-corrected chi connectivity index (χ4v) is 8.13. The fraction of sp³-hybridized carbons (Fsp3) is 0.393. The van der Waals surface area contributed by atoms with Gasteiger partial charge in [0.25, 0.3) is 0 Å². The summed E-state index contributed by atoms with van der Waals surface area (Å²) in [6.07, 6.45) is 10.6. The van der Waals surface area contributed by atoms with Crippen LogP contribution in [0.2, 0.25) is 10.0 Å². The number of aliphatic hydroxyl groups excluding tert-OH is 2. The van der Waals surface area contributed by atoms with E-state index in [4.69, 9.17) is 42.0 Å². The SMILES string of the molecule is CC(C)(CO)c1cc(B2OC(C)(C)C(C)(C)O2)ccn1.CC(C)OC(=O)Cc1ccc(-c2cncc(-c3ccnc(C(C)(C)CO)c3)c2)c(Cl)c1.CC(C)OC(=O)Cc1ccc(-c2cncc(Br)c2)c(Cl)c1. The highest BCUT2D eigenvalue weighted by Crippen LogP contribution is 2.37. The number of carbonyl (C=O) groups is 2. The number of halogens is 3. The maximum absolute atomic E-state index is 11.9. The second-order valence-corrected chi connectivity index (χ2v) is 22.2. The number of pyridine rings is 4. The van der Waals surface area contributed by atoms with Crippen LogP contribution >= 0.6 is 39.1 Å². The normalized spacial score (nSPS) is 14.0. The molecule has 1 aliphatic rings. The molecule has 0 spiro atoms. The first kappa shape index (κ1) is 57.8. The number of rotatable bonds is 14. The molecular weight excluding hydrogens is 1020 g/mol. The smallest absolute Gasteiger partial charge is 0.463 e. The Morgan fingerprint density at radius 2 is 1.07 bits per heavy atom. The average molecular weight is 1080 g/mol. The minimum Gasteiger partial charge on any atom is -0.463 e. The summed E-state index contributed by atoms with van der Waals surface area (Å²) >= 11 is 16.2. The van der Waals surface area contributed by atoms with Gasteiger partial charge in [0.2, 0.25) is 0 Å². The van der Waals surface area contributed by atoms with Gasteiger partial charge in [-0.25, -0.2) is 0 Å². The Morgan fingerprint density at radius 3 is 1.53 bits per heavy atom. The number of aromatic nitrogens is 4. The Bertz CT molecular complexity index is 2810. The van der Waals surface area contributed by atoms with Gasteiger partial charge in [-0.2, -0.15) is 0 Å². The van der Waals surface area contributed by atoms with Gasteiger partial charge in [0.1, 0.15) is 0 Å². The van der Waals surface area contributed by atoms with Crippen LogP contribution in [0.4, 0.5) is 0 Å².